The Bertz CT molecular complexity index is 2680. The predicted molar refractivity (Wildman–Crippen MR) is 274 cm³/mol. The zero-order chi connectivity index (χ0) is 44.2. The summed E-state index contributed by atoms with van der Waals surface area (Å²) < 4.78 is 0. The van der Waals surface area contributed by atoms with E-state index in [1.165, 1.54) is 102 Å². The van der Waals surface area contributed by atoms with Crippen LogP contribution >= 0.6 is 0 Å². The maximum atomic E-state index is 2.47. The van der Waals surface area contributed by atoms with Gasteiger partial charge < -0.3 is 4.90 Å². The maximum absolute atomic E-state index is 2.47. The van der Waals surface area contributed by atoms with Crippen LogP contribution in [0.1, 0.15) is 101 Å². The normalized spacial score (nSPS) is 14.3. The number of allylic oxidation sites excluding steroid dienone is 8. The Morgan fingerprint density at radius 3 is 1.48 bits per heavy atom. The fraction of sp³-hybridized carbons (Fsp3) is 0.194. The number of para-hydroxylation sites is 3. The Morgan fingerprint density at radius 1 is 0.413 bits per heavy atom. The average molecular weight is 822 g/mol. The lowest BCUT2D eigenvalue weighted by Crippen LogP contribution is -2.36. The number of rotatable bonds is 3. The summed E-state index contributed by atoms with van der Waals surface area (Å²) in [6.07, 6.45) is 15.8. The van der Waals surface area contributed by atoms with Crippen LogP contribution in [0.3, 0.4) is 0 Å². The van der Waals surface area contributed by atoms with Crippen molar-refractivity contribution in [3.63, 3.8) is 0 Å². The van der Waals surface area contributed by atoms with Crippen LogP contribution in [-0.4, -0.2) is 0 Å². The van der Waals surface area contributed by atoms with Gasteiger partial charge in [-0.05, 0) is 132 Å². The summed E-state index contributed by atoms with van der Waals surface area (Å²) in [6.45, 7) is 14.5. The van der Waals surface area contributed by atoms with Gasteiger partial charge in [0.15, 0.2) is 0 Å². The van der Waals surface area contributed by atoms with Gasteiger partial charge in [0.25, 0.3) is 0 Å². The Morgan fingerprint density at radius 2 is 0.937 bits per heavy atom. The van der Waals surface area contributed by atoms with Gasteiger partial charge in [0, 0.05) is 5.69 Å². The third-order valence-electron chi connectivity index (χ3n) is 12.3. The van der Waals surface area contributed by atoms with Crippen LogP contribution in [0.15, 0.2) is 217 Å². The molecule has 1 heterocycles. The van der Waals surface area contributed by atoms with Gasteiger partial charge in [0.2, 0.25) is 0 Å². The third kappa shape index (κ3) is 9.11. The Balaban J connectivity index is 0.000000278. The van der Waals surface area contributed by atoms with Crippen molar-refractivity contribution in [3.8, 4) is 22.3 Å². The van der Waals surface area contributed by atoms with Crippen LogP contribution in [0.25, 0.3) is 27.8 Å². The number of aryl methyl sites for hydroxylation is 1. The Kier molecular flexibility index (Phi) is 14.7. The number of hydrogen-bond acceptors (Lipinski definition) is 1. The second kappa shape index (κ2) is 20.9. The van der Waals surface area contributed by atoms with Gasteiger partial charge in [0.05, 0.1) is 16.8 Å². The molecule has 0 saturated heterocycles. The number of benzene rings is 7. The van der Waals surface area contributed by atoms with Crippen molar-refractivity contribution in [1.29, 1.82) is 0 Å². The Labute approximate surface area is 378 Å². The van der Waals surface area contributed by atoms with E-state index in [0.29, 0.717) is 0 Å². The molecule has 0 aromatic heterocycles. The van der Waals surface area contributed by atoms with E-state index in [4.69, 9.17) is 0 Å². The summed E-state index contributed by atoms with van der Waals surface area (Å²) >= 11 is 0. The Hall–Kier alpha value is -6.70. The quantitative estimate of drug-likeness (QED) is 0.172. The molecule has 0 N–H and O–H groups in total. The number of fused-ring (bicyclic) bond motifs is 9. The second-order valence-electron chi connectivity index (χ2n) is 16.2. The smallest absolute Gasteiger partial charge is 0.0754 e. The highest BCUT2D eigenvalue weighted by Crippen LogP contribution is 2.63. The molecule has 0 saturated carbocycles. The molecule has 11 rings (SSSR count). The van der Waals surface area contributed by atoms with Crippen molar-refractivity contribution in [2.75, 3.05) is 4.90 Å². The van der Waals surface area contributed by atoms with Crippen molar-refractivity contribution in [3.05, 3.63) is 251 Å². The van der Waals surface area contributed by atoms with Gasteiger partial charge in [-0.1, -0.05) is 220 Å². The second-order valence-corrected chi connectivity index (χ2v) is 16.2. The molecule has 3 aliphatic carbocycles. The minimum atomic E-state index is -0.433. The zero-order valence-corrected chi connectivity index (χ0v) is 38.4. The lowest BCUT2D eigenvalue weighted by atomic mass is 9.64. The van der Waals surface area contributed by atoms with E-state index in [1.807, 2.05) is 45.9 Å². The number of hydrogen-bond donors (Lipinski definition) is 0. The third-order valence-corrected chi connectivity index (χ3v) is 12.3. The highest BCUT2D eigenvalue weighted by Gasteiger charge is 2.51. The monoisotopic (exact) mass is 821 g/mol. The molecule has 0 bridgehead atoms. The summed E-state index contributed by atoms with van der Waals surface area (Å²) in [5, 5.41) is 0. The highest BCUT2D eigenvalue weighted by atomic mass is 15.2. The van der Waals surface area contributed by atoms with E-state index in [0.717, 1.165) is 12.8 Å². The lowest BCUT2D eigenvalue weighted by molar-refractivity contribution is 0.753. The molecule has 0 fully saturated rings. The summed E-state index contributed by atoms with van der Waals surface area (Å²) in [7, 11) is 0. The molecule has 4 aliphatic rings. The molecule has 0 radical (unpaired) electrons. The summed E-state index contributed by atoms with van der Waals surface area (Å²) in [6, 6.07) is 64.5. The maximum Gasteiger partial charge on any atom is 0.0754 e. The van der Waals surface area contributed by atoms with E-state index < -0.39 is 5.41 Å². The van der Waals surface area contributed by atoms with Gasteiger partial charge in [-0.15, -0.1) is 0 Å². The molecule has 316 valence electrons. The minimum Gasteiger partial charge on any atom is -0.310 e. The largest absolute Gasteiger partial charge is 0.310 e. The first-order valence-electron chi connectivity index (χ1n) is 23.1. The summed E-state index contributed by atoms with van der Waals surface area (Å²) in [4.78, 5) is 2.44. The van der Waals surface area contributed by atoms with Crippen LogP contribution in [0.5, 0.6) is 0 Å². The molecule has 1 spiro atoms. The SMILES string of the molecule is CC.CC.CC1=CC=C(c2ccc(-c3ccc4c(c3)C3(c5ccccc5-4)c4ccccc4N(c4ccccc4)c4ccccc43)cc2)CC1.CC1=CC=CCC1.Cc1ccccc1. The van der Waals surface area contributed by atoms with Crippen molar-refractivity contribution in [2.45, 2.75) is 79.6 Å². The molecule has 0 atom stereocenters. The van der Waals surface area contributed by atoms with E-state index in [9.17, 15) is 0 Å². The van der Waals surface area contributed by atoms with Crippen LogP contribution in [0.2, 0.25) is 0 Å². The van der Waals surface area contributed by atoms with Crippen molar-refractivity contribution in [1.82, 2.24) is 0 Å². The summed E-state index contributed by atoms with van der Waals surface area (Å²) in [5.74, 6) is 0. The standard InChI is InChI=1S/C44H33N.C7H10.C7H8.2C2H6/c1-30-19-21-31(22-20-30)32-23-25-33(26-24-32)34-27-28-37-36-13-5-6-14-38(36)44(41(37)29-34)39-15-7-9-17-42(39)45(35-11-3-2-4-12-35)43-18-10-8-16-40(43)44;2*1-7-5-3-2-4-6-7;2*1-2/h2-19,21,23-29H,20,22H2,1H3;2-3,5H,4,6H2,1H3;2-6H,1H3;2*1-2H3. The van der Waals surface area contributed by atoms with Crippen LogP contribution in [-0.2, 0) is 5.41 Å². The molecule has 1 aliphatic heterocycles. The molecule has 7 aromatic rings. The van der Waals surface area contributed by atoms with Gasteiger partial charge >= 0.3 is 0 Å². The molecular formula is C62H63N. The van der Waals surface area contributed by atoms with Gasteiger partial charge in [-0.25, -0.2) is 0 Å². The molecular weight excluding hydrogens is 759 g/mol. The van der Waals surface area contributed by atoms with Crippen LogP contribution < -0.4 is 4.90 Å². The molecule has 1 heteroatoms. The van der Waals surface area contributed by atoms with Crippen LogP contribution in [0, 0.1) is 6.92 Å². The first-order chi connectivity index (χ1) is 31.0. The summed E-state index contributed by atoms with van der Waals surface area (Å²) in [5.41, 5.74) is 20.7. The average Bonchev–Trinajstić information content (AvgIpc) is 3.64. The van der Waals surface area contributed by atoms with E-state index in [1.54, 1.807) is 0 Å². The van der Waals surface area contributed by atoms with Crippen molar-refractivity contribution < 1.29 is 0 Å². The van der Waals surface area contributed by atoms with E-state index in [2.05, 4.69) is 214 Å². The van der Waals surface area contributed by atoms with E-state index >= 15 is 0 Å². The van der Waals surface area contributed by atoms with Crippen LogP contribution in [0.4, 0.5) is 17.1 Å². The lowest BCUT2D eigenvalue weighted by Gasteiger charge is -2.45. The number of nitrogens with zero attached hydrogens (tertiary/aromatic N) is 1. The highest BCUT2D eigenvalue weighted by molar-refractivity contribution is 5.96. The van der Waals surface area contributed by atoms with Gasteiger partial charge in [-0.2, -0.15) is 0 Å². The van der Waals surface area contributed by atoms with Gasteiger partial charge in [-0.3, -0.25) is 0 Å². The molecule has 1 nitrogen and oxygen atoms in total. The van der Waals surface area contributed by atoms with E-state index in [-0.39, 0.29) is 0 Å². The zero-order valence-electron chi connectivity index (χ0n) is 38.4. The predicted octanol–water partition coefficient (Wildman–Crippen LogP) is 18.0. The van der Waals surface area contributed by atoms with Gasteiger partial charge in [0.1, 0.15) is 0 Å². The number of anilines is 3. The first-order valence-corrected chi connectivity index (χ1v) is 23.1. The molecule has 63 heavy (non-hydrogen) atoms. The fourth-order valence-corrected chi connectivity index (χ4v) is 9.26. The topological polar surface area (TPSA) is 3.24 Å². The molecule has 7 aromatic carbocycles. The van der Waals surface area contributed by atoms with Crippen molar-refractivity contribution >= 4 is 22.6 Å². The molecule has 0 amide bonds. The van der Waals surface area contributed by atoms with Crippen molar-refractivity contribution in [2.24, 2.45) is 0 Å². The fourth-order valence-electron chi connectivity index (χ4n) is 9.26. The first kappa shape index (κ1) is 44.4. The molecule has 0 unspecified atom stereocenters. The minimum absolute atomic E-state index is 0.433.